The largest absolute Gasteiger partial charge is 0.484 e. The summed E-state index contributed by atoms with van der Waals surface area (Å²) in [5, 5.41) is 0.359. The van der Waals surface area contributed by atoms with E-state index in [-0.39, 0.29) is 11.1 Å². The first-order valence-electron chi connectivity index (χ1n) is 10.2. The highest BCUT2D eigenvalue weighted by molar-refractivity contribution is 7.99. The van der Waals surface area contributed by atoms with Gasteiger partial charge in [0.1, 0.15) is 11.1 Å². The highest BCUT2D eigenvalue weighted by Gasteiger charge is 2.34. The summed E-state index contributed by atoms with van der Waals surface area (Å²) in [6, 6.07) is 17.0. The summed E-state index contributed by atoms with van der Waals surface area (Å²) in [7, 11) is 0. The normalized spacial score (nSPS) is 15.6. The van der Waals surface area contributed by atoms with Gasteiger partial charge >= 0.3 is 6.18 Å². The van der Waals surface area contributed by atoms with Gasteiger partial charge in [0.15, 0.2) is 11.8 Å². The lowest BCUT2D eigenvalue weighted by Gasteiger charge is -2.27. The van der Waals surface area contributed by atoms with E-state index in [2.05, 4.69) is 9.55 Å². The first-order valence-corrected chi connectivity index (χ1v) is 11.1. The average Bonchev–Trinajstić information content (AvgIpc) is 3.35. The number of nitrogens with zero attached hydrogens (tertiary/aromatic N) is 5. The standard InChI is InChI=1S/C23H16F3N5OS/c1-13-18(32-12-23(24,25)26)10-11-27-19(13)20-30-16-8-4-2-6-14(16)28-21(30)31-17-9-5-3-7-15(17)29-22(31)33-20/h2-11,20H,12H2,1H3. The Labute approximate surface area is 190 Å². The summed E-state index contributed by atoms with van der Waals surface area (Å²) in [5.74, 6) is 0.842. The number of thioether (sulfide) groups is 1. The minimum absolute atomic E-state index is 0.156. The van der Waals surface area contributed by atoms with Crippen molar-refractivity contribution in [3.8, 4) is 11.7 Å². The van der Waals surface area contributed by atoms with Crippen LogP contribution in [0.2, 0.25) is 0 Å². The maximum Gasteiger partial charge on any atom is 0.422 e. The number of aromatic nitrogens is 5. The van der Waals surface area contributed by atoms with Crippen molar-refractivity contribution in [1.82, 2.24) is 24.1 Å². The zero-order valence-electron chi connectivity index (χ0n) is 17.2. The van der Waals surface area contributed by atoms with Gasteiger partial charge in [0.2, 0.25) is 5.95 Å². The Morgan fingerprint density at radius 2 is 1.67 bits per heavy atom. The molecule has 5 aromatic rings. The number of benzene rings is 2. The zero-order valence-corrected chi connectivity index (χ0v) is 18.1. The summed E-state index contributed by atoms with van der Waals surface area (Å²) >= 11 is 1.48. The van der Waals surface area contributed by atoms with Gasteiger partial charge in [0, 0.05) is 11.8 Å². The Kier molecular flexibility index (Phi) is 4.41. The fraction of sp³-hybridized carbons (Fsp3) is 0.174. The van der Waals surface area contributed by atoms with Crippen LogP contribution in [0, 0.1) is 6.92 Å². The molecule has 1 aliphatic rings. The lowest BCUT2D eigenvalue weighted by molar-refractivity contribution is -0.153. The van der Waals surface area contributed by atoms with E-state index in [0.29, 0.717) is 17.2 Å². The maximum absolute atomic E-state index is 12.8. The molecule has 6 rings (SSSR count). The number of rotatable bonds is 3. The minimum atomic E-state index is -4.42. The van der Waals surface area contributed by atoms with Crippen LogP contribution in [0.1, 0.15) is 16.6 Å². The van der Waals surface area contributed by atoms with Crippen molar-refractivity contribution < 1.29 is 17.9 Å². The summed E-state index contributed by atoms with van der Waals surface area (Å²) in [6.45, 7) is 0.370. The summed E-state index contributed by atoms with van der Waals surface area (Å²) in [4.78, 5) is 14.2. The van der Waals surface area contributed by atoms with E-state index in [1.165, 1.54) is 24.0 Å². The Bertz CT molecular complexity index is 1520. The van der Waals surface area contributed by atoms with Crippen LogP contribution in [0.15, 0.2) is 66.0 Å². The lowest BCUT2D eigenvalue weighted by Crippen LogP contribution is -2.22. The van der Waals surface area contributed by atoms with Gasteiger partial charge < -0.3 is 4.74 Å². The van der Waals surface area contributed by atoms with Gasteiger partial charge in [-0.1, -0.05) is 36.0 Å². The molecular weight excluding hydrogens is 451 g/mol. The second kappa shape index (κ2) is 7.24. The topological polar surface area (TPSA) is 57.8 Å². The number of fused-ring (bicyclic) bond motifs is 7. The molecule has 10 heteroatoms. The number of pyridine rings is 1. The highest BCUT2D eigenvalue weighted by atomic mass is 32.2. The molecule has 0 aliphatic carbocycles. The quantitative estimate of drug-likeness (QED) is 0.342. The fourth-order valence-electron chi connectivity index (χ4n) is 4.13. The van der Waals surface area contributed by atoms with Gasteiger partial charge in [-0.15, -0.1) is 0 Å². The van der Waals surface area contributed by atoms with Crippen LogP contribution >= 0.6 is 11.8 Å². The van der Waals surface area contributed by atoms with E-state index in [1.54, 1.807) is 6.92 Å². The van der Waals surface area contributed by atoms with Gasteiger partial charge in [0.05, 0.1) is 27.8 Å². The molecule has 2 aromatic carbocycles. The summed E-state index contributed by atoms with van der Waals surface area (Å²) in [5.41, 5.74) is 4.63. The first-order chi connectivity index (χ1) is 15.9. The predicted molar refractivity (Wildman–Crippen MR) is 119 cm³/mol. The second-order valence-corrected chi connectivity index (χ2v) is 8.73. The van der Waals surface area contributed by atoms with E-state index in [4.69, 9.17) is 14.7 Å². The van der Waals surface area contributed by atoms with Crippen LogP contribution in [0.5, 0.6) is 5.75 Å². The third kappa shape index (κ3) is 3.24. The van der Waals surface area contributed by atoms with Crippen molar-refractivity contribution in [1.29, 1.82) is 0 Å². The lowest BCUT2D eigenvalue weighted by atomic mass is 10.2. The molecular formula is C23H16F3N5OS. The van der Waals surface area contributed by atoms with Crippen molar-refractivity contribution in [2.75, 3.05) is 6.61 Å². The van der Waals surface area contributed by atoms with Crippen LogP contribution in [0.4, 0.5) is 13.2 Å². The highest BCUT2D eigenvalue weighted by Crippen LogP contribution is 2.46. The molecule has 0 spiro atoms. The fourth-order valence-corrected chi connectivity index (χ4v) is 5.42. The number of alkyl halides is 3. The van der Waals surface area contributed by atoms with Crippen molar-refractivity contribution in [2.24, 2.45) is 0 Å². The number of halogens is 3. The van der Waals surface area contributed by atoms with Gasteiger partial charge in [-0.05, 0) is 37.3 Å². The SMILES string of the molecule is Cc1c(OCC(F)(F)F)ccnc1C1Sc2nc3ccccc3n2-c2nc3ccccc3n21. The number of hydrogen-bond acceptors (Lipinski definition) is 5. The van der Waals surface area contributed by atoms with Crippen LogP contribution in [-0.4, -0.2) is 36.9 Å². The van der Waals surface area contributed by atoms with E-state index in [0.717, 1.165) is 27.2 Å². The third-order valence-corrected chi connectivity index (χ3v) is 6.72. The predicted octanol–water partition coefficient (Wildman–Crippen LogP) is 5.67. The van der Waals surface area contributed by atoms with Crippen LogP contribution in [0.3, 0.4) is 0 Å². The molecule has 0 radical (unpaired) electrons. The molecule has 4 heterocycles. The molecule has 3 aromatic heterocycles. The van der Waals surface area contributed by atoms with E-state index in [9.17, 15) is 13.2 Å². The molecule has 0 saturated carbocycles. The molecule has 0 saturated heterocycles. The molecule has 0 N–H and O–H groups in total. The van der Waals surface area contributed by atoms with Crippen molar-refractivity contribution >= 4 is 33.8 Å². The smallest absolute Gasteiger partial charge is 0.422 e. The molecule has 6 nitrogen and oxygen atoms in total. The minimum Gasteiger partial charge on any atom is -0.484 e. The van der Waals surface area contributed by atoms with Gasteiger partial charge in [-0.2, -0.15) is 13.2 Å². The first kappa shape index (κ1) is 20.1. The summed E-state index contributed by atoms with van der Waals surface area (Å²) in [6.07, 6.45) is -2.95. The molecule has 33 heavy (non-hydrogen) atoms. The van der Waals surface area contributed by atoms with Crippen molar-refractivity contribution in [3.63, 3.8) is 0 Å². The molecule has 0 amide bonds. The molecule has 0 bridgehead atoms. The Morgan fingerprint density at radius 1 is 0.970 bits per heavy atom. The number of ether oxygens (including phenoxy) is 1. The van der Waals surface area contributed by atoms with Gasteiger partial charge in [0.25, 0.3) is 0 Å². The molecule has 0 fully saturated rings. The van der Waals surface area contributed by atoms with E-state index in [1.807, 2.05) is 53.1 Å². The molecule has 1 unspecified atom stereocenters. The molecule has 1 aliphatic heterocycles. The molecule has 1 atom stereocenters. The second-order valence-electron chi connectivity index (χ2n) is 7.68. The molecule has 166 valence electrons. The Balaban J connectivity index is 1.56. The zero-order chi connectivity index (χ0) is 22.7. The van der Waals surface area contributed by atoms with Crippen LogP contribution in [-0.2, 0) is 0 Å². The van der Waals surface area contributed by atoms with Crippen molar-refractivity contribution in [2.45, 2.75) is 23.6 Å². The van der Waals surface area contributed by atoms with Crippen LogP contribution < -0.4 is 4.74 Å². The van der Waals surface area contributed by atoms with Crippen LogP contribution in [0.25, 0.3) is 28.0 Å². The van der Waals surface area contributed by atoms with Gasteiger partial charge in [-0.25, -0.2) is 9.97 Å². The number of imidazole rings is 2. The number of hydrogen-bond donors (Lipinski definition) is 0. The van der Waals surface area contributed by atoms with Crippen molar-refractivity contribution in [3.05, 3.63) is 72.1 Å². The van der Waals surface area contributed by atoms with E-state index >= 15 is 0 Å². The monoisotopic (exact) mass is 467 g/mol. The summed E-state index contributed by atoms with van der Waals surface area (Å²) < 4.78 is 47.4. The maximum atomic E-state index is 12.8. The van der Waals surface area contributed by atoms with E-state index < -0.39 is 12.8 Å². The Morgan fingerprint density at radius 3 is 2.42 bits per heavy atom. The average molecular weight is 467 g/mol. The third-order valence-electron chi connectivity index (χ3n) is 5.58. The van der Waals surface area contributed by atoms with Gasteiger partial charge in [-0.3, -0.25) is 14.1 Å². The Hall–Kier alpha value is -3.53. The number of para-hydroxylation sites is 4.